The fraction of sp³-hybridized carbons (Fsp3) is 0.240. The lowest BCUT2D eigenvalue weighted by molar-refractivity contribution is 0.0697. The van der Waals surface area contributed by atoms with Crippen molar-refractivity contribution in [1.82, 2.24) is 5.43 Å². The standard InChI is InChI=1S/C14H21N3OS.C11H8O2/c1-6-10(3)11(7-2)16-14(17-15-4)12-8-9-13(18-5)19-12;12-11(13)10-6-5-8-3-1-2-4-9(8)7-10/h8-9,15H,3,6-7H2,1-2,4-5H3;1-7H,(H,12,13)/b16-11?,17-14-;. The molecule has 32 heavy (non-hydrogen) atoms. The number of thiophene rings is 1. The molecule has 0 radical (unpaired) electrons. The Morgan fingerprint density at radius 1 is 1.09 bits per heavy atom. The summed E-state index contributed by atoms with van der Waals surface area (Å²) < 4.78 is 5.20. The van der Waals surface area contributed by atoms with Gasteiger partial charge in [-0.15, -0.1) is 0 Å². The third-order valence-corrected chi connectivity index (χ3v) is 5.67. The van der Waals surface area contributed by atoms with Gasteiger partial charge in [0.15, 0.2) is 10.9 Å². The number of carboxylic acids is 1. The number of rotatable bonds is 7. The predicted octanol–water partition coefficient (Wildman–Crippen LogP) is 5.99. The number of carbonyl (C=O) groups is 1. The molecule has 0 aliphatic heterocycles. The molecule has 0 saturated carbocycles. The van der Waals surface area contributed by atoms with Gasteiger partial charge in [0.25, 0.3) is 0 Å². The fourth-order valence-corrected chi connectivity index (χ4v) is 3.61. The quantitative estimate of drug-likeness (QED) is 0.262. The summed E-state index contributed by atoms with van der Waals surface area (Å²) in [6.07, 6.45) is 1.74. The van der Waals surface area contributed by atoms with Crippen molar-refractivity contribution < 1.29 is 14.6 Å². The topological polar surface area (TPSA) is 83.3 Å². The van der Waals surface area contributed by atoms with E-state index in [1.165, 1.54) is 11.3 Å². The highest BCUT2D eigenvalue weighted by atomic mass is 32.1. The molecule has 0 aliphatic carbocycles. The molecule has 168 valence electrons. The van der Waals surface area contributed by atoms with E-state index in [0.717, 1.165) is 44.8 Å². The van der Waals surface area contributed by atoms with Crippen LogP contribution in [0, 0.1) is 0 Å². The highest BCUT2D eigenvalue weighted by molar-refractivity contribution is 7.15. The number of ether oxygens (including phenoxy) is 1. The zero-order chi connectivity index (χ0) is 23.5. The van der Waals surface area contributed by atoms with E-state index >= 15 is 0 Å². The average molecular weight is 452 g/mol. The Labute approximate surface area is 193 Å². The Morgan fingerprint density at radius 2 is 1.81 bits per heavy atom. The van der Waals surface area contributed by atoms with E-state index in [0.29, 0.717) is 11.4 Å². The molecular formula is C25H29N3O3S. The minimum atomic E-state index is -0.884. The van der Waals surface area contributed by atoms with Crippen molar-refractivity contribution in [3.63, 3.8) is 0 Å². The smallest absolute Gasteiger partial charge is 0.335 e. The van der Waals surface area contributed by atoms with Gasteiger partial charge >= 0.3 is 5.97 Å². The van der Waals surface area contributed by atoms with E-state index in [4.69, 9.17) is 9.84 Å². The summed E-state index contributed by atoms with van der Waals surface area (Å²) >= 11 is 1.52. The summed E-state index contributed by atoms with van der Waals surface area (Å²) in [5.74, 6) is -0.215. The summed E-state index contributed by atoms with van der Waals surface area (Å²) in [7, 11) is 3.42. The molecule has 0 atom stereocenters. The van der Waals surface area contributed by atoms with Crippen LogP contribution < -0.4 is 10.2 Å². The molecule has 0 spiro atoms. The lowest BCUT2D eigenvalue weighted by Crippen LogP contribution is -2.08. The van der Waals surface area contributed by atoms with Crippen LogP contribution in [-0.4, -0.2) is 36.8 Å². The second kappa shape index (κ2) is 12.4. The van der Waals surface area contributed by atoms with Crippen molar-refractivity contribution in [3.8, 4) is 5.06 Å². The highest BCUT2D eigenvalue weighted by Gasteiger charge is 2.09. The van der Waals surface area contributed by atoms with Gasteiger partial charge in [0.1, 0.15) is 0 Å². The van der Waals surface area contributed by atoms with E-state index in [1.54, 1.807) is 26.3 Å². The molecule has 1 aromatic heterocycles. The van der Waals surface area contributed by atoms with E-state index in [-0.39, 0.29) is 0 Å². The summed E-state index contributed by atoms with van der Waals surface area (Å²) in [6, 6.07) is 16.7. The normalized spacial score (nSPS) is 11.5. The predicted molar refractivity (Wildman–Crippen MR) is 135 cm³/mol. The molecule has 0 fully saturated rings. The van der Waals surface area contributed by atoms with Crippen LogP contribution in [-0.2, 0) is 0 Å². The molecule has 6 nitrogen and oxygen atoms in total. The van der Waals surface area contributed by atoms with Gasteiger partial charge in [0, 0.05) is 12.8 Å². The van der Waals surface area contributed by atoms with E-state index in [2.05, 4.69) is 35.9 Å². The number of aliphatic imine (C=N–C) groups is 1. The van der Waals surface area contributed by atoms with Gasteiger partial charge in [-0.3, -0.25) is 0 Å². The van der Waals surface area contributed by atoms with Gasteiger partial charge in [0.2, 0.25) is 0 Å². The summed E-state index contributed by atoms with van der Waals surface area (Å²) in [5.41, 5.74) is 5.17. The fourth-order valence-electron chi connectivity index (χ4n) is 2.85. The number of amidine groups is 1. The number of hydrazone groups is 1. The number of nitrogens with one attached hydrogen (secondary N) is 1. The molecule has 0 bridgehead atoms. The van der Waals surface area contributed by atoms with Gasteiger partial charge in [-0.1, -0.05) is 62.1 Å². The van der Waals surface area contributed by atoms with Crippen LogP contribution in [0.3, 0.4) is 0 Å². The molecule has 3 rings (SSSR count). The number of hydrogen-bond donors (Lipinski definition) is 2. The maximum Gasteiger partial charge on any atom is 0.335 e. The van der Waals surface area contributed by atoms with Gasteiger partial charge in [-0.2, -0.15) is 5.10 Å². The summed E-state index contributed by atoms with van der Waals surface area (Å²) in [6.45, 7) is 8.20. The first kappa shape index (κ1) is 24.8. The Morgan fingerprint density at radius 3 is 2.38 bits per heavy atom. The van der Waals surface area contributed by atoms with Crippen LogP contribution >= 0.6 is 11.3 Å². The van der Waals surface area contributed by atoms with Gasteiger partial charge in [-0.05, 0) is 53.5 Å². The number of allylic oxidation sites excluding steroid dienone is 1. The van der Waals surface area contributed by atoms with Crippen LogP contribution in [0.4, 0.5) is 0 Å². The van der Waals surface area contributed by atoms with Crippen LogP contribution in [0.25, 0.3) is 10.8 Å². The molecule has 0 aliphatic rings. The zero-order valence-corrected chi connectivity index (χ0v) is 19.7. The van der Waals surface area contributed by atoms with Crippen LogP contribution in [0.5, 0.6) is 5.06 Å². The minimum Gasteiger partial charge on any atom is -0.487 e. The molecule has 3 aromatic rings. The van der Waals surface area contributed by atoms with Crippen molar-refractivity contribution >= 4 is 39.6 Å². The highest BCUT2D eigenvalue weighted by Crippen LogP contribution is 2.25. The van der Waals surface area contributed by atoms with Crippen molar-refractivity contribution in [2.75, 3.05) is 14.2 Å². The Bertz CT molecular complexity index is 1130. The maximum absolute atomic E-state index is 10.6. The van der Waals surface area contributed by atoms with E-state index in [1.807, 2.05) is 42.5 Å². The molecule has 2 N–H and O–H groups in total. The Kier molecular flexibility index (Phi) is 9.63. The molecule has 1 heterocycles. The van der Waals surface area contributed by atoms with Crippen molar-refractivity contribution in [2.45, 2.75) is 26.7 Å². The zero-order valence-electron chi connectivity index (χ0n) is 18.9. The number of aromatic carboxylic acids is 1. The van der Waals surface area contributed by atoms with Gasteiger partial charge in [-0.25, -0.2) is 9.79 Å². The third-order valence-electron chi connectivity index (χ3n) is 4.63. The number of nitrogens with zero attached hydrogens (tertiary/aromatic N) is 2. The second-order valence-electron chi connectivity index (χ2n) is 6.72. The molecule has 0 unspecified atom stereocenters. The Hall–Kier alpha value is -3.45. The number of benzene rings is 2. The van der Waals surface area contributed by atoms with E-state index in [9.17, 15) is 4.79 Å². The van der Waals surface area contributed by atoms with Crippen LogP contribution in [0.2, 0.25) is 0 Å². The van der Waals surface area contributed by atoms with Gasteiger partial charge in [0.05, 0.1) is 17.6 Å². The first-order valence-electron chi connectivity index (χ1n) is 10.3. The molecular weight excluding hydrogens is 422 g/mol. The van der Waals surface area contributed by atoms with Crippen LogP contribution in [0.15, 0.2) is 76.8 Å². The van der Waals surface area contributed by atoms with Crippen molar-refractivity contribution in [3.05, 3.63) is 77.2 Å². The first-order valence-corrected chi connectivity index (χ1v) is 11.1. The Balaban J connectivity index is 0.000000242. The summed E-state index contributed by atoms with van der Waals surface area (Å²) in [5, 5.41) is 15.9. The lowest BCUT2D eigenvalue weighted by Gasteiger charge is -2.06. The molecule has 0 amide bonds. The number of fused-ring (bicyclic) bond motifs is 1. The first-order chi connectivity index (χ1) is 15.4. The largest absolute Gasteiger partial charge is 0.487 e. The minimum absolute atomic E-state index is 0.332. The van der Waals surface area contributed by atoms with Crippen molar-refractivity contribution in [1.29, 1.82) is 0 Å². The van der Waals surface area contributed by atoms with Crippen molar-refractivity contribution in [2.24, 2.45) is 10.1 Å². The number of hydrogen-bond acceptors (Lipinski definition) is 5. The average Bonchev–Trinajstić information content (AvgIpc) is 3.30. The molecule has 0 saturated heterocycles. The van der Waals surface area contributed by atoms with E-state index < -0.39 is 5.97 Å². The van der Waals surface area contributed by atoms with Gasteiger partial charge < -0.3 is 15.3 Å². The second-order valence-corrected chi connectivity index (χ2v) is 7.76. The van der Waals surface area contributed by atoms with Crippen LogP contribution in [0.1, 0.15) is 41.9 Å². The third kappa shape index (κ3) is 6.78. The molecule has 2 aromatic carbocycles. The monoisotopic (exact) mass is 451 g/mol. The maximum atomic E-state index is 10.6. The molecule has 7 heteroatoms. The number of methoxy groups -OCH3 is 1. The SMILES string of the molecule is C=C(CC)C(CC)=N/C(=N\NC)c1ccc(OC)s1.O=C(O)c1ccc2ccccc2c1. The lowest BCUT2D eigenvalue weighted by atomic mass is 10.1. The summed E-state index contributed by atoms with van der Waals surface area (Å²) in [4.78, 5) is 16.3. The number of carboxylic acid groups (broad SMARTS) is 1.